The number of carbonyl (C=O) groups is 1. The quantitative estimate of drug-likeness (QED) is 0.703. The van der Waals surface area contributed by atoms with Crippen LogP contribution in [0.5, 0.6) is 5.75 Å². The van der Waals surface area contributed by atoms with E-state index in [2.05, 4.69) is 17.1 Å². The molecular formula is C23H27N3O3. The summed E-state index contributed by atoms with van der Waals surface area (Å²) in [5, 5.41) is 7.26. The number of ether oxygens (including phenoxy) is 1. The van der Waals surface area contributed by atoms with E-state index in [1.807, 2.05) is 56.3 Å². The molecule has 6 heteroatoms. The summed E-state index contributed by atoms with van der Waals surface area (Å²) in [4.78, 5) is 20.2. The fraction of sp³-hybridized carbons (Fsp3) is 0.304. The van der Waals surface area contributed by atoms with Crippen molar-refractivity contribution in [3.8, 4) is 5.75 Å². The molecule has 2 aromatic carbocycles. The van der Waals surface area contributed by atoms with Crippen LogP contribution in [0.2, 0.25) is 0 Å². The molecule has 0 radical (unpaired) electrons. The van der Waals surface area contributed by atoms with Gasteiger partial charge in [-0.15, -0.1) is 6.58 Å². The third kappa shape index (κ3) is 4.77. The Kier molecular flexibility index (Phi) is 6.54. The molecule has 2 amide bonds. The Morgan fingerprint density at radius 2 is 2.00 bits per heavy atom. The van der Waals surface area contributed by atoms with E-state index in [1.165, 1.54) is 0 Å². The van der Waals surface area contributed by atoms with Crippen LogP contribution in [0.1, 0.15) is 23.1 Å². The largest absolute Gasteiger partial charge is 0.496 e. The van der Waals surface area contributed by atoms with Crippen molar-refractivity contribution in [1.82, 2.24) is 4.90 Å². The van der Waals surface area contributed by atoms with Gasteiger partial charge in [-0.05, 0) is 37.1 Å². The van der Waals surface area contributed by atoms with Gasteiger partial charge in [-0.25, -0.2) is 4.79 Å². The SMILES string of the molecule is C=CCN(CC1CC(c2ccccc2OC)=NO1)C(=O)Nc1c(C)cccc1C. The number of amides is 2. The van der Waals surface area contributed by atoms with E-state index in [-0.39, 0.29) is 12.1 Å². The minimum atomic E-state index is -0.224. The molecule has 1 heterocycles. The topological polar surface area (TPSA) is 63.2 Å². The highest BCUT2D eigenvalue weighted by Crippen LogP contribution is 2.25. The van der Waals surface area contributed by atoms with Crippen molar-refractivity contribution in [3.63, 3.8) is 0 Å². The van der Waals surface area contributed by atoms with Gasteiger partial charge in [0.2, 0.25) is 0 Å². The molecular weight excluding hydrogens is 366 g/mol. The number of urea groups is 1. The van der Waals surface area contributed by atoms with E-state index < -0.39 is 0 Å². The number of anilines is 1. The molecule has 152 valence electrons. The van der Waals surface area contributed by atoms with Crippen molar-refractivity contribution in [2.24, 2.45) is 5.16 Å². The standard InChI is InChI=1S/C23H27N3O3/c1-5-13-26(23(27)24-22-16(2)9-8-10-17(22)3)15-18-14-20(25-29-18)19-11-6-7-12-21(19)28-4/h5-12,18H,1,13-15H2,2-4H3,(H,24,27). The number of hydrogen-bond acceptors (Lipinski definition) is 4. The number of oxime groups is 1. The molecule has 0 saturated carbocycles. The Bertz CT molecular complexity index is 903. The summed E-state index contributed by atoms with van der Waals surface area (Å²) < 4.78 is 5.42. The summed E-state index contributed by atoms with van der Waals surface area (Å²) in [6, 6.07) is 13.5. The van der Waals surface area contributed by atoms with E-state index in [9.17, 15) is 4.79 Å². The number of aryl methyl sites for hydroxylation is 2. The van der Waals surface area contributed by atoms with Crippen LogP contribution in [0, 0.1) is 13.8 Å². The first-order valence-corrected chi connectivity index (χ1v) is 9.62. The predicted molar refractivity (Wildman–Crippen MR) is 116 cm³/mol. The molecule has 1 aliphatic rings. The number of nitrogens with one attached hydrogen (secondary N) is 1. The Morgan fingerprint density at radius 1 is 1.28 bits per heavy atom. The van der Waals surface area contributed by atoms with E-state index in [4.69, 9.17) is 9.57 Å². The molecule has 0 bridgehead atoms. The van der Waals surface area contributed by atoms with Gasteiger partial charge in [-0.3, -0.25) is 0 Å². The third-order valence-electron chi connectivity index (χ3n) is 4.92. The smallest absolute Gasteiger partial charge is 0.322 e. The lowest BCUT2D eigenvalue weighted by Gasteiger charge is -2.24. The molecule has 1 atom stereocenters. The molecule has 0 aromatic heterocycles. The van der Waals surface area contributed by atoms with E-state index >= 15 is 0 Å². The van der Waals surface area contributed by atoms with Crippen molar-refractivity contribution in [1.29, 1.82) is 0 Å². The van der Waals surface area contributed by atoms with E-state index in [1.54, 1.807) is 18.1 Å². The molecule has 2 aromatic rings. The van der Waals surface area contributed by atoms with Gasteiger partial charge in [0.25, 0.3) is 0 Å². The summed E-state index contributed by atoms with van der Waals surface area (Å²) in [6.45, 7) is 8.56. The van der Waals surface area contributed by atoms with Crippen LogP contribution in [0.4, 0.5) is 10.5 Å². The van der Waals surface area contributed by atoms with Gasteiger partial charge in [-0.2, -0.15) is 0 Å². The number of hydrogen-bond donors (Lipinski definition) is 1. The minimum absolute atomic E-state index is 0.184. The highest BCUT2D eigenvalue weighted by molar-refractivity contribution is 6.03. The lowest BCUT2D eigenvalue weighted by molar-refractivity contribution is 0.0645. The van der Waals surface area contributed by atoms with Crippen molar-refractivity contribution >= 4 is 17.4 Å². The predicted octanol–water partition coefficient (Wildman–Crippen LogP) is 4.53. The Morgan fingerprint density at radius 3 is 2.69 bits per heavy atom. The highest BCUT2D eigenvalue weighted by atomic mass is 16.6. The number of carbonyl (C=O) groups excluding carboxylic acids is 1. The zero-order valence-corrected chi connectivity index (χ0v) is 17.1. The number of para-hydroxylation sites is 2. The van der Waals surface area contributed by atoms with Crippen LogP contribution < -0.4 is 10.1 Å². The first-order chi connectivity index (χ1) is 14.0. The van der Waals surface area contributed by atoms with Crippen LogP contribution in [0.15, 0.2) is 60.3 Å². The zero-order valence-electron chi connectivity index (χ0n) is 17.1. The Labute approximate surface area is 171 Å². The molecule has 29 heavy (non-hydrogen) atoms. The molecule has 1 N–H and O–H groups in total. The van der Waals surface area contributed by atoms with Crippen LogP contribution in [-0.2, 0) is 4.84 Å². The number of methoxy groups -OCH3 is 1. The zero-order chi connectivity index (χ0) is 20.8. The van der Waals surface area contributed by atoms with Crippen LogP contribution in [-0.4, -0.2) is 42.9 Å². The Hall–Kier alpha value is -3.28. The first kappa shape index (κ1) is 20.5. The third-order valence-corrected chi connectivity index (χ3v) is 4.92. The maximum absolute atomic E-state index is 12.9. The molecule has 0 spiro atoms. The normalized spacial score (nSPS) is 15.3. The second-order valence-electron chi connectivity index (χ2n) is 7.06. The van der Waals surface area contributed by atoms with Crippen LogP contribution >= 0.6 is 0 Å². The lowest BCUT2D eigenvalue weighted by Crippen LogP contribution is -2.40. The molecule has 6 nitrogen and oxygen atoms in total. The summed E-state index contributed by atoms with van der Waals surface area (Å²) in [7, 11) is 1.64. The average Bonchev–Trinajstić information content (AvgIpc) is 3.18. The van der Waals surface area contributed by atoms with E-state index in [0.717, 1.165) is 33.8 Å². The second-order valence-corrected chi connectivity index (χ2v) is 7.06. The summed E-state index contributed by atoms with van der Waals surface area (Å²) >= 11 is 0. The van der Waals surface area contributed by atoms with Gasteiger partial charge >= 0.3 is 6.03 Å². The van der Waals surface area contributed by atoms with Gasteiger partial charge in [-0.1, -0.05) is 41.6 Å². The fourth-order valence-electron chi connectivity index (χ4n) is 3.41. The highest BCUT2D eigenvalue weighted by Gasteiger charge is 2.28. The average molecular weight is 393 g/mol. The molecule has 0 aliphatic carbocycles. The van der Waals surface area contributed by atoms with E-state index in [0.29, 0.717) is 19.5 Å². The van der Waals surface area contributed by atoms with Gasteiger partial charge in [0.15, 0.2) is 6.10 Å². The molecule has 0 fully saturated rings. The van der Waals surface area contributed by atoms with Gasteiger partial charge in [0.1, 0.15) is 5.75 Å². The summed E-state index contributed by atoms with van der Waals surface area (Å²) in [6.07, 6.45) is 2.09. The monoisotopic (exact) mass is 393 g/mol. The second kappa shape index (κ2) is 9.28. The molecule has 1 unspecified atom stereocenters. The maximum Gasteiger partial charge on any atom is 0.322 e. The number of rotatable bonds is 7. The molecule has 3 rings (SSSR count). The van der Waals surface area contributed by atoms with Crippen molar-refractivity contribution in [2.75, 3.05) is 25.5 Å². The van der Waals surface area contributed by atoms with Gasteiger partial charge in [0.05, 0.1) is 19.4 Å². The van der Waals surface area contributed by atoms with Crippen LogP contribution in [0.25, 0.3) is 0 Å². The molecule has 0 saturated heterocycles. The lowest BCUT2D eigenvalue weighted by atomic mass is 10.0. The first-order valence-electron chi connectivity index (χ1n) is 9.62. The van der Waals surface area contributed by atoms with Crippen molar-refractivity contribution < 1.29 is 14.4 Å². The van der Waals surface area contributed by atoms with Crippen LogP contribution in [0.3, 0.4) is 0 Å². The van der Waals surface area contributed by atoms with Crippen molar-refractivity contribution in [3.05, 3.63) is 71.8 Å². The van der Waals surface area contributed by atoms with Gasteiger partial charge < -0.3 is 19.8 Å². The summed E-state index contributed by atoms with van der Waals surface area (Å²) in [5.74, 6) is 0.756. The number of benzene rings is 2. The fourth-order valence-corrected chi connectivity index (χ4v) is 3.41. The minimum Gasteiger partial charge on any atom is -0.496 e. The van der Waals surface area contributed by atoms with Crippen molar-refractivity contribution in [2.45, 2.75) is 26.4 Å². The molecule has 1 aliphatic heterocycles. The Balaban J connectivity index is 1.67. The summed E-state index contributed by atoms with van der Waals surface area (Å²) in [5.41, 5.74) is 4.62. The maximum atomic E-state index is 12.9. The number of nitrogens with zero attached hydrogens (tertiary/aromatic N) is 2. The van der Waals surface area contributed by atoms with Gasteiger partial charge in [0, 0.05) is 24.2 Å².